The number of fused-ring (bicyclic) bond motifs is 2. The molecule has 1 aromatic carbocycles. The first-order valence-electron chi connectivity index (χ1n) is 10.1. The number of halogens is 1. The molecule has 0 bridgehead atoms. The molecule has 5 aromatic heterocycles. The molecule has 0 radical (unpaired) electrons. The fourth-order valence-corrected chi connectivity index (χ4v) is 4.02. The van der Waals surface area contributed by atoms with E-state index in [2.05, 4.69) is 30.1 Å². The molecule has 9 heteroatoms. The lowest BCUT2D eigenvalue weighted by atomic mass is 10.0. The first-order valence-corrected chi connectivity index (χ1v) is 10.1. The van der Waals surface area contributed by atoms with Crippen molar-refractivity contribution in [2.45, 2.75) is 0 Å². The minimum atomic E-state index is -0.515. The maximum atomic E-state index is 13.9. The summed E-state index contributed by atoms with van der Waals surface area (Å²) in [5.74, 6) is -0.655. The Hall–Kier alpha value is -4.79. The second kappa shape index (κ2) is 7.13. The molecule has 0 atom stereocenters. The predicted molar refractivity (Wildman–Crippen MR) is 124 cm³/mol. The largest absolute Gasteiger partial charge is 0.508 e. The molecule has 0 aliphatic heterocycles. The van der Waals surface area contributed by atoms with Gasteiger partial charge in [0, 0.05) is 52.8 Å². The first kappa shape index (κ1) is 18.9. The van der Waals surface area contributed by atoms with Crippen LogP contribution in [0.15, 0.2) is 67.3 Å². The second-order valence-electron chi connectivity index (χ2n) is 7.70. The van der Waals surface area contributed by atoms with Gasteiger partial charge in [-0.05, 0) is 47.5 Å². The van der Waals surface area contributed by atoms with Crippen LogP contribution in [-0.2, 0) is 0 Å². The topological polar surface area (TPSA) is 129 Å². The Balaban J connectivity index is 1.51. The molecule has 0 fully saturated rings. The van der Waals surface area contributed by atoms with Crippen LogP contribution in [-0.4, -0.2) is 35.2 Å². The molecule has 0 amide bonds. The Kier molecular flexibility index (Phi) is 4.09. The van der Waals surface area contributed by atoms with Crippen molar-refractivity contribution in [2.75, 3.05) is 5.73 Å². The number of nitrogens with two attached hydrogens (primary N) is 1. The molecular weight excluding hydrogens is 421 g/mol. The van der Waals surface area contributed by atoms with Gasteiger partial charge in [-0.25, -0.2) is 14.4 Å². The maximum Gasteiger partial charge on any atom is 0.155 e. The van der Waals surface area contributed by atoms with Gasteiger partial charge in [-0.2, -0.15) is 5.10 Å². The third-order valence-corrected chi connectivity index (χ3v) is 5.49. The number of pyridine rings is 3. The van der Waals surface area contributed by atoms with Gasteiger partial charge in [-0.1, -0.05) is 0 Å². The van der Waals surface area contributed by atoms with Crippen LogP contribution in [0.3, 0.4) is 0 Å². The molecule has 8 nitrogen and oxygen atoms in total. The number of rotatable bonds is 3. The Labute approximate surface area is 186 Å². The summed E-state index contributed by atoms with van der Waals surface area (Å²) < 4.78 is 13.9. The van der Waals surface area contributed by atoms with Crippen LogP contribution >= 0.6 is 0 Å². The quantitative estimate of drug-likeness (QED) is 0.319. The highest BCUT2D eigenvalue weighted by molar-refractivity contribution is 5.99. The van der Waals surface area contributed by atoms with E-state index in [4.69, 9.17) is 5.73 Å². The van der Waals surface area contributed by atoms with Gasteiger partial charge in [0.15, 0.2) is 5.65 Å². The van der Waals surface area contributed by atoms with Crippen LogP contribution in [0.25, 0.3) is 55.7 Å². The molecule has 5 N–H and O–H groups in total. The lowest BCUT2D eigenvalue weighted by molar-refractivity contribution is 0.469. The van der Waals surface area contributed by atoms with E-state index in [9.17, 15) is 9.50 Å². The lowest BCUT2D eigenvalue weighted by Crippen LogP contribution is -1.88. The highest BCUT2D eigenvalue weighted by Crippen LogP contribution is 2.35. The molecule has 6 aromatic rings. The van der Waals surface area contributed by atoms with Crippen molar-refractivity contribution in [3.8, 4) is 39.4 Å². The average molecular weight is 437 g/mol. The minimum Gasteiger partial charge on any atom is -0.508 e. The average Bonchev–Trinajstić information content (AvgIpc) is 3.41. The van der Waals surface area contributed by atoms with Crippen molar-refractivity contribution in [3.63, 3.8) is 0 Å². The fourth-order valence-electron chi connectivity index (χ4n) is 4.02. The van der Waals surface area contributed by atoms with E-state index in [1.165, 1.54) is 12.1 Å². The first-order chi connectivity index (χ1) is 16.0. The van der Waals surface area contributed by atoms with Gasteiger partial charge in [0.1, 0.15) is 22.9 Å². The number of nitrogens with zero attached hydrogens (tertiary/aromatic N) is 4. The molecule has 160 valence electrons. The number of hydrogen-bond donors (Lipinski definition) is 4. The molecule has 5 heterocycles. The number of hydrogen-bond acceptors (Lipinski definition) is 6. The second-order valence-corrected chi connectivity index (χ2v) is 7.70. The fraction of sp³-hybridized carbons (Fsp3) is 0. The van der Waals surface area contributed by atoms with Crippen LogP contribution in [0.1, 0.15) is 0 Å². The summed E-state index contributed by atoms with van der Waals surface area (Å²) >= 11 is 0. The zero-order chi connectivity index (χ0) is 22.5. The number of aromatic amines is 2. The third kappa shape index (κ3) is 3.23. The highest BCUT2D eigenvalue weighted by atomic mass is 19.1. The van der Waals surface area contributed by atoms with Gasteiger partial charge < -0.3 is 15.8 Å². The van der Waals surface area contributed by atoms with E-state index in [0.29, 0.717) is 28.2 Å². The van der Waals surface area contributed by atoms with Crippen LogP contribution in [0.5, 0.6) is 5.75 Å². The Bertz CT molecular complexity index is 1650. The van der Waals surface area contributed by atoms with Gasteiger partial charge in [-0.3, -0.25) is 10.1 Å². The smallest absolute Gasteiger partial charge is 0.155 e. The van der Waals surface area contributed by atoms with Crippen molar-refractivity contribution in [2.24, 2.45) is 0 Å². The van der Waals surface area contributed by atoms with E-state index < -0.39 is 5.82 Å². The van der Waals surface area contributed by atoms with E-state index in [1.807, 2.05) is 18.2 Å². The van der Waals surface area contributed by atoms with Gasteiger partial charge in [0.05, 0.1) is 11.4 Å². The SMILES string of the molecule is Nc1cncc(-c2cnc3[nH]nc(-c4cc5c(-c6cc(O)cc(F)c6)ccnc5[nH]4)c3c2)c1. The molecule has 0 aliphatic carbocycles. The summed E-state index contributed by atoms with van der Waals surface area (Å²) in [6.07, 6.45) is 6.69. The number of nitrogens with one attached hydrogen (secondary N) is 2. The maximum absolute atomic E-state index is 13.9. The van der Waals surface area contributed by atoms with Crippen LogP contribution in [0, 0.1) is 5.82 Å². The number of anilines is 1. The van der Waals surface area contributed by atoms with Crippen molar-refractivity contribution in [1.29, 1.82) is 0 Å². The summed E-state index contributed by atoms with van der Waals surface area (Å²) in [5, 5.41) is 18.8. The summed E-state index contributed by atoms with van der Waals surface area (Å²) in [6.45, 7) is 0. The molecular formula is C24H16FN7O. The normalized spacial score (nSPS) is 11.4. The van der Waals surface area contributed by atoms with Crippen LogP contribution in [0.4, 0.5) is 10.1 Å². The van der Waals surface area contributed by atoms with E-state index >= 15 is 0 Å². The minimum absolute atomic E-state index is 0.140. The van der Waals surface area contributed by atoms with Gasteiger partial charge in [0.2, 0.25) is 0 Å². The number of H-pyrrole nitrogens is 2. The number of nitrogen functional groups attached to an aromatic ring is 1. The van der Waals surface area contributed by atoms with Crippen molar-refractivity contribution >= 4 is 27.8 Å². The summed E-state index contributed by atoms with van der Waals surface area (Å²) in [5.41, 5.74) is 12.1. The Morgan fingerprint density at radius 2 is 1.73 bits per heavy atom. The summed E-state index contributed by atoms with van der Waals surface area (Å²) in [4.78, 5) is 16.3. The van der Waals surface area contributed by atoms with Gasteiger partial charge in [0.25, 0.3) is 0 Å². The van der Waals surface area contributed by atoms with Crippen molar-refractivity contribution < 1.29 is 9.50 Å². The Morgan fingerprint density at radius 1 is 0.848 bits per heavy atom. The van der Waals surface area contributed by atoms with Gasteiger partial charge in [-0.15, -0.1) is 0 Å². The molecule has 0 unspecified atom stereocenters. The third-order valence-electron chi connectivity index (χ3n) is 5.49. The molecule has 6 rings (SSSR count). The number of phenols is 1. The standard InChI is InChI=1S/C24H16FN7O/c25-15-3-12(5-17(33)7-15)18-1-2-28-23-19(18)8-21(30-23)22-20-6-14(10-29-24(20)32-31-22)13-4-16(26)11-27-9-13/h1-11,33H,26H2,(H,28,30)(H,29,31,32). The van der Waals surface area contributed by atoms with E-state index in [0.717, 1.165) is 39.2 Å². The van der Waals surface area contributed by atoms with Crippen LogP contribution in [0.2, 0.25) is 0 Å². The zero-order valence-electron chi connectivity index (χ0n) is 17.0. The van der Waals surface area contributed by atoms with Gasteiger partial charge >= 0.3 is 0 Å². The summed E-state index contributed by atoms with van der Waals surface area (Å²) in [7, 11) is 0. The lowest BCUT2D eigenvalue weighted by Gasteiger charge is -2.04. The predicted octanol–water partition coefficient (Wildman–Crippen LogP) is 4.66. The molecule has 0 saturated heterocycles. The van der Waals surface area contributed by atoms with Crippen LogP contribution < -0.4 is 5.73 Å². The van der Waals surface area contributed by atoms with E-state index in [1.54, 1.807) is 30.9 Å². The number of aromatic nitrogens is 6. The molecule has 0 saturated carbocycles. The molecule has 0 spiro atoms. The number of benzene rings is 1. The zero-order valence-corrected chi connectivity index (χ0v) is 17.0. The monoisotopic (exact) mass is 437 g/mol. The van der Waals surface area contributed by atoms with Crippen molar-refractivity contribution in [3.05, 3.63) is 73.1 Å². The summed E-state index contributed by atoms with van der Waals surface area (Å²) in [6, 6.07) is 11.5. The highest BCUT2D eigenvalue weighted by Gasteiger charge is 2.16. The number of aromatic hydroxyl groups is 1. The number of phenolic OH excluding ortho intramolecular Hbond substituents is 1. The molecule has 0 aliphatic rings. The molecule has 33 heavy (non-hydrogen) atoms. The van der Waals surface area contributed by atoms with Crippen molar-refractivity contribution in [1.82, 2.24) is 30.1 Å². The Morgan fingerprint density at radius 3 is 2.58 bits per heavy atom. The van der Waals surface area contributed by atoms with E-state index in [-0.39, 0.29) is 5.75 Å².